The largest absolute Gasteiger partial charge is 0.363 e. The molecule has 0 aliphatic carbocycles. The third-order valence-corrected chi connectivity index (χ3v) is 3.28. The van der Waals surface area contributed by atoms with Crippen LogP contribution >= 0.6 is 12.4 Å². The lowest BCUT2D eigenvalue weighted by molar-refractivity contribution is -0.0191. The summed E-state index contributed by atoms with van der Waals surface area (Å²) in [6.45, 7) is 4.60. The maximum absolute atomic E-state index is 5.69. The van der Waals surface area contributed by atoms with Gasteiger partial charge in [-0.15, -0.1) is 12.4 Å². The molecule has 2 aliphatic heterocycles. The Kier molecular flexibility index (Phi) is 5.90. The van der Waals surface area contributed by atoms with E-state index in [0.29, 0.717) is 6.23 Å². The number of nitrogens with zero attached hydrogens (tertiary/aromatic N) is 1. The van der Waals surface area contributed by atoms with Crippen molar-refractivity contribution >= 4 is 12.4 Å². The van der Waals surface area contributed by atoms with Crippen molar-refractivity contribution in [2.75, 3.05) is 33.3 Å². The van der Waals surface area contributed by atoms with E-state index in [2.05, 4.69) is 17.3 Å². The number of ether oxygens (including phenoxy) is 1. The molecule has 2 saturated heterocycles. The number of rotatable bonds is 2. The van der Waals surface area contributed by atoms with Crippen molar-refractivity contribution in [3.63, 3.8) is 0 Å². The standard InChI is InChI=1S/C11H22N2O.ClH/c1-13-6-2-4-10(9-13)8-11-12-5-3-7-14-11;/h10-12H,2-9H2,1H3;1H. The molecule has 1 N–H and O–H groups in total. The van der Waals surface area contributed by atoms with Gasteiger partial charge >= 0.3 is 0 Å². The Labute approximate surface area is 99.0 Å². The van der Waals surface area contributed by atoms with Gasteiger partial charge in [0.25, 0.3) is 0 Å². The molecule has 2 unspecified atom stereocenters. The number of likely N-dealkylation sites (tertiary alicyclic amines) is 1. The van der Waals surface area contributed by atoms with Crippen LogP contribution in [-0.4, -0.2) is 44.4 Å². The third-order valence-electron chi connectivity index (χ3n) is 3.28. The number of hydrogen-bond acceptors (Lipinski definition) is 3. The Morgan fingerprint density at radius 2 is 2.27 bits per heavy atom. The predicted molar refractivity (Wildman–Crippen MR) is 64.4 cm³/mol. The summed E-state index contributed by atoms with van der Waals surface area (Å²) >= 11 is 0. The van der Waals surface area contributed by atoms with E-state index >= 15 is 0 Å². The van der Waals surface area contributed by atoms with Gasteiger partial charge in [0.1, 0.15) is 6.23 Å². The summed E-state index contributed by atoms with van der Waals surface area (Å²) in [5.41, 5.74) is 0. The zero-order valence-electron chi connectivity index (χ0n) is 9.58. The fraction of sp³-hybridized carbons (Fsp3) is 1.00. The Balaban J connectivity index is 0.00000112. The molecular weight excluding hydrogens is 212 g/mol. The highest BCUT2D eigenvalue weighted by Gasteiger charge is 2.22. The van der Waals surface area contributed by atoms with E-state index in [4.69, 9.17) is 4.74 Å². The first-order valence-electron chi connectivity index (χ1n) is 5.88. The molecule has 15 heavy (non-hydrogen) atoms. The van der Waals surface area contributed by atoms with E-state index < -0.39 is 0 Å². The second-order valence-corrected chi connectivity index (χ2v) is 4.67. The van der Waals surface area contributed by atoms with Crippen LogP contribution in [0.25, 0.3) is 0 Å². The van der Waals surface area contributed by atoms with Gasteiger partial charge in [0.15, 0.2) is 0 Å². The van der Waals surface area contributed by atoms with Crippen molar-refractivity contribution in [3.05, 3.63) is 0 Å². The van der Waals surface area contributed by atoms with E-state index in [0.717, 1.165) is 19.1 Å². The lowest BCUT2D eigenvalue weighted by Gasteiger charge is -2.33. The van der Waals surface area contributed by atoms with E-state index in [-0.39, 0.29) is 12.4 Å². The molecule has 90 valence electrons. The summed E-state index contributed by atoms with van der Waals surface area (Å²) in [6.07, 6.45) is 5.44. The van der Waals surface area contributed by atoms with Crippen LogP contribution in [0.15, 0.2) is 0 Å². The molecule has 2 aliphatic rings. The van der Waals surface area contributed by atoms with Crippen LogP contribution < -0.4 is 5.32 Å². The Morgan fingerprint density at radius 1 is 1.40 bits per heavy atom. The molecule has 0 bridgehead atoms. The van der Waals surface area contributed by atoms with Crippen molar-refractivity contribution in [1.29, 1.82) is 0 Å². The van der Waals surface area contributed by atoms with Gasteiger partial charge in [0, 0.05) is 13.2 Å². The number of piperidine rings is 1. The van der Waals surface area contributed by atoms with E-state index in [9.17, 15) is 0 Å². The maximum Gasteiger partial charge on any atom is 0.108 e. The summed E-state index contributed by atoms with van der Waals surface area (Å²) in [4.78, 5) is 2.44. The van der Waals surface area contributed by atoms with Crippen molar-refractivity contribution in [1.82, 2.24) is 10.2 Å². The van der Waals surface area contributed by atoms with Crippen LogP contribution in [0.5, 0.6) is 0 Å². The molecule has 0 amide bonds. The molecule has 2 rings (SSSR count). The lowest BCUT2D eigenvalue weighted by atomic mass is 9.94. The van der Waals surface area contributed by atoms with Crippen LogP contribution in [0.3, 0.4) is 0 Å². The van der Waals surface area contributed by atoms with Crippen molar-refractivity contribution in [2.24, 2.45) is 5.92 Å². The fourth-order valence-corrected chi connectivity index (χ4v) is 2.54. The van der Waals surface area contributed by atoms with Crippen LogP contribution in [0.1, 0.15) is 25.7 Å². The molecule has 2 heterocycles. The first-order chi connectivity index (χ1) is 6.84. The monoisotopic (exact) mass is 234 g/mol. The van der Waals surface area contributed by atoms with Crippen LogP contribution in [0.2, 0.25) is 0 Å². The van der Waals surface area contributed by atoms with Crippen molar-refractivity contribution in [2.45, 2.75) is 31.9 Å². The van der Waals surface area contributed by atoms with E-state index in [1.807, 2.05) is 0 Å². The number of hydrogen-bond donors (Lipinski definition) is 1. The lowest BCUT2D eigenvalue weighted by Crippen LogP contribution is -2.42. The van der Waals surface area contributed by atoms with Gasteiger partial charge < -0.3 is 9.64 Å². The van der Waals surface area contributed by atoms with Gasteiger partial charge in [0.05, 0.1) is 0 Å². The van der Waals surface area contributed by atoms with Crippen LogP contribution in [0.4, 0.5) is 0 Å². The van der Waals surface area contributed by atoms with Gasteiger partial charge in [-0.2, -0.15) is 0 Å². The molecule has 0 aromatic rings. The normalized spacial score (nSPS) is 33.4. The summed E-state index contributed by atoms with van der Waals surface area (Å²) < 4.78 is 5.69. The highest BCUT2D eigenvalue weighted by Crippen LogP contribution is 2.21. The van der Waals surface area contributed by atoms with Gasteiger partial charge in [-0.25, -0.2) is 0 Å². The number of nitrogens with one attached hydrogen (secondary N) is 1. The molecule has 0 aromatic carbocycles. The summed E-state index contributed by atoms with van der Waals surface area (Å²) in [6, 6.07) is 0. The molecule has 0 radical (unpaired) electrons. The molecule has 2 atom stereocenters. The van der Waals surface area contributed by atoms with Crippen LogP contribution in [0, 0.1) is 5.92 Å². The second-order valence-electron chi connectivity index (χ2n) is 4.67. The molecule has 3 nitrogen and oxygen atoms in total. The minimum absolute atomic E-state index is 0. The average molecular weight is 235 g/mol. The van der Waals surface area contributed by atoms with Gasteiger partial charge in [0.2, 0.25) is 0 Å². The molecular formula is C11H23ClN2O. The maximum atomic E-state index is 5.69. The zero-order chi connectivity index (χ0) is 9.80. The van der Waals surface area contributed by atoms with Crippen LogP contribution in [-0.2, 0) is 4.74 Å². The van der Waals surface area contributed by atoms with Gasteiger partial charge in [-0.3, -0.25) is 5.32 Å². The SMILES string of the molecule is CN1CCCC(CC2NCCCO2)C1.Cl. The Bertz CT molecular complexity index is 174. The Morgan fingerprint density at radius 3 is 2.93 bits per heavy atom. The fourth-order valence-electron chi connectivity index (χ4n) is 2.54. The molecule has 2 fully saturated rings. The second kappa shape index (κ2) is 6.69. The minimum Gasteiger partial charge on any atom is -0.363 e. The summed E-state index contributed by atoms with van der Waals surface area (Å²) in [5, 5.41) is 3.44. The summed E-state index contributed by atoms with van der Waals surface area (Å²) in [7, 11) is 2.22. The van der Waals surface area contributed by atoms with Crippen molar-refractivity contribution in [3.8, 4) is 0 Å². The minimum atomic E-state index is 0. The zero-order valence-corrected chi connectivity index (χ0v) is 10.4. The van der Waals surface area contributed by atoms with Crippen molar-refractivity contribution < 1.29 is 4.74 Å². The third kappa shape index (κ3) is 4.27. The molecule has 0 spiro atoms. The molecule has 0 aromatic heterocycles. The molecule has 4 heteroatoms. The first kappa shape index (κ1) is 13.2. The average Bonchev–Trinajstić information content (AvgIpc) is 2.19. The predicted octanol–water partition coefficient (Wildman–Crippen LogP) is 1.48. The van der Waals surface area contributed by atoms with Gasteiger partial charge in [-0.1, -0.05) is 0 Å². The highest BCUT2D eigenvalue weighted by atomic mass is 35.5. The van der Waals surface area contributed by atoms with E-state index in [1.54, 1.807) is 0 Å². The van der Waals surface area contributed by atoms with Gasteiger partial charge in [-0.05, 0) is 51.7 Å². The Hall–Kier alpha value is 0.170. The smallest absolute Gasteiger partial charge is 0.108 e. The highest BCUT2D eigenvalue weighted by molar-refractivity contribution is 5.85. The topological polar surface area (TPSA) is 24.5 Å². The summed E-state index contributed by atoms with van der Waals surface area (Å²) in [5.74, 6) is 0.837. The quantitative estimate of drug-likeness (QED) is 0.784. The number of halogens is 1. The van der Waals surface area contributed by atoms with E-state index in [1.165, 1.54) is 38.8 Å². The first-order valence-corrected chi connectivity index (χ1v) is 5.88. The molecule has 0 saturated carbocycles.